The lowest BCUT2D eigenvalue weighted by molar-refractivity contribution is -0.121. The Hall–Kier alpha value is -2.80. The molecule has 136 valence electrons. The number of methoxy groups -OCH3 is 2. The summed E-state index contributed by atoms with van der Waals surface area (Å²) in [6.45, 7) is 0.817. The summed E-state index contributed by atoms with van der Waals surface area (Å²) in [4.78, 5) is 21.0. The van der Waals surface area contributed by atoms with Crippen molar-refractivity contribution in [3.05, 3.63) is 64.7 Å². The molecule has 6 nitrogen and oxygen atoms in total. The summed E-state index contributed by atoms with van der Waals surface area (Å²) in [5.41, 5.74) is 3.29. The van der Waals surface area contributed by atoms with Crippen molar-refractivity contribution in [2.45, 2.75) is 19.0 Å². The number of aliphatic imine (C=N–C) groups is 1. The van der Waals surface area contributed by atoms with Gasteiger partial charge in [-0.05, 0) is 29.3 Å². The number of carbonyl (C=O) groups is 1. The minimum absolute atomic E-state index is 0.136. The largest absolute Gasteiger partial charge is 0.481 e. The molecule has 0 unspecified atom stereocenters. The van der Waals surface area contributed by atoms with Gasteiger partial charge in [0, 0.05) is 13.3 Å². The number of nitrogens with one attached hydrogen (secondary N) is 1. The van der Waals surface area contributed by atoms with Crippen LogP contribution in [0.5, 0.6) is 0 Å². The van der Waals surface area contributed by atoms with Crippen molar-refractivity contribution >= 4 is 11.8 Å². The molecule has 1 aromatic heterocycles. The number of aromatic nitrogens is 1. The Labute approximate surface area is 151 Å². The second kappa shape index (κ2) is 8.05. The number of benzene rings is 1. The first-order valence-corrected chi connectivity index (χ1v) is 8.21. The molecule has 1 N–H and O–H groups in total. The lowest BCUT2D eigenvalue weighted by Gasteiger charge is -2.18. The van der Waals surface area contributed by atoms with Crippen LogP contribution in [-0.2, 0) is 27.2 Å². The highest BCUT2D eigenvalue weighted by Gasteiger charge is 2.19. The van der Waals surface area contributed by atoms with E-state index < -0.39 is 0 Å². The average Bonchev–Trinajstić information content (AvgIpc) is 3.04. The van der Waals surface area contributed by atoms with E-state index in [-0.39, 0.29) is 24.2 Å². The van der Waals surface area contributed by atoms with Crippen LogP contribution in [0.1, 0.15) is 28.4 Å². The molecule has 7 heteroatoms. The predicted molar refractivity (Wildman–Crippen MR) is 94.4 cm³/mol. The summed E-state index contributed by atoms with van der Waals surface area (Å²) in [7, 11) is 3.12. The Bertz CT molecular complexity index is 821. The van der Waals surface area contributed by atoms with E-state index >= 15 is 0 Å². The second-order valence-corrected chi connectivity index (χ2v) is 5.96. The van der Waals surface area contributed by atoms with Crippen molar-refractivity contribution in [2.75, 3.05) is 20.8 Å². The molecule has 0 radical (unpaired) electrons. The number of ether oxygens (including phenoxy) is 2. The van der Waals surface area contributed by atoms with Gasteiger partial charge < -0.3 is 14.8 Å². The third-order valence-electron chi connectivity index (χ3n) is 4.15. The Morgan fingerprint density at radius 3 is 2.77 bits per heavy atom. The molecule has 2 aromatic rings. The molecule has 1 aliphatic rings. The van der Waals surface area contributed by atoms with Gasteiger partial charge in [-0.25, -0.2) is 9.38 Å². The van der Waals surface area contributed by atoms with E-state index in [9.17, 15) is 9.18 Å². The van der Waals surface area contributed by atoms with Crippen LogP contribution in [0.25, 0.3) is 0 Å². The summed E-state index contributed by atoms with van der Waals surface area (Å²) < 4.78 is 23.5. The molecule has 1 aliphatic heterocycles. The number of amides is 1. The van der Waals surface area contributed by atoms with Gasteiger partial charge in [0.25, 0.3) is 0 Å². The van der Waals surface area contributed by atoms with Crippen LogP contribution in [0.2, 0.25) is 0 Å². The fourth-order valence-electron chi connectivity index (χ4n) is 2.88. The van der Waals surface area contributed by atoms with Crippen LogP contribution >= 0.6 is 0 Å². The van der Waals surface area contributed by atoms with Crippen LogP contribution in [0, 0.1) is 5.82 Å². The van der Waals surface area contributed by atoms with E-state index in [1.807, 2.05) is 6.07 Å². The van der Waals surface area contributed by atoms with Gasteiger partial charge in [0.2, 0.25) is 11.8 Å². The van der Waals surface area contributed by atoms with Crippen molar-refractivity contribution in [3.63, 3.8) is 0 Å². The standard InChI is InChI=1S/C19H20FN3O3/c1-25-11-17(12-3-5-14(20)6-4-12)23-18(24)8-15-7-13-9-22-19(26-2)16(13)10-21-15/h3-7,10,17H,8-9,11H2,1-2H3,(H,23,24)/t17-/m0/s1. The van der Waals surface area contributed by atoms with Gasteiger partial charge in [-0.2, -0.15) is 0 Å². The SMILES string of the molecule is COC[C@H](NC(=O)Cc1cc2c(cn1)C(OC)=NC2)c1ccc(F)cc1. The number of nitrogens with zero attached hydrogens (tertiary/aromatic N) is 2. The highest BCUT2D eigenvalue weighted by Crippen LogP contribution is 2.20. The third kappa shape index (κ3) is 4.05. The molecule has 26 heavy (non-hydrogen) atoms. The number of rotatable bonds is 6. The normalized spacial score (nSPS) is 13.7. The fourth-order valence-corrected chi connectivity index (χ4v) is 2.88. The lowest BCUT2D eigenvalue weighted by Crippen LogP contribution is -2.32. The van der Waals surface area contributed by atoms with Gasteiger partial charge in [-0.1, -0.05) is 12.1 Å². The van der Waals surface area contributed by atoms with Crippen LogP contribution in [0.3, 0.4) is 0 Å². The molecule has 0 saturated heterocycles. The molecule has 1 aromatic carbocycles. The third-order valence-corrected chi connectivity index (χ3v) is 4.15. The van der Waals surface area contributed by atoms with Gasteiger partial charge in [0.05, 0.1) is 44.0 Å². The topological polar surface area (TPSA) is 72.8 Å². The number of pyridine rings is 1. The number of halogens is 1. The lowest BCUT2D eigenvalue weighted by atomic mass is 10.1. The van der Waals surface area contributed by atoms with Gasteiger partial charge in [0.15, 0.2) is 0 Å². The molecular weight excluding hydrogens is 337 g/mol. The molecule has 1 atom stereocenters. The summed E-state index contributed by atoms with van der Waals surface area (Å²) in [6.07, 6.45) is 1.82. The van der Waals surface area contributed by atoms with E-state index in [1.165, 1.54) is 12.1 Å². The Morgan fingerprint density at radius 1 is 1.31 bits per heavy atom. The van der Waals surface area contributed by atoms with Crippen molar-refractivity contribution in [1.29, 1.82) is 0 Å². The zero-order valence-electron chi connectivity index (χ0n) is 14.7. The number of fused-ring (bicyclic) bond motifs is 1. The van der Waals surface area contributed by atoms with Crippen molar-refractivity contribution in [3.8, 4) is 0 Å². The van der Waals surface area contributed by atoms with E-state index in [0.29, 0.717) is 24.7 Å². The van der Waals surface area contributed by atoms with Crippen LogP contribution in [0.15, 0.2) is 41.5 Å². The van der Waals surface area contributed by atoms with Gasteiger partial charge in [-0.15, -0.1) is 0 Å². The van der Waals surface area contributed by atoms with Crippen LogP contribution < -0.4 is 5.32 Å². The molecule has 0 spiro atoms. The quantitative estimate of drug-likeness (QED) is 0.860. The summed E-state index contributed by atoms with van der Waals surface area (Å²) in [6, 6.07) is 7.51. The fraction of sp³-hybridized carbons (Fsp3) is 0.316. The first-order chi connectivity index (χ1) is 12.6. The molecule has 0 aliphatic carbocycles. The number of hydrogen-bond acceptors (Lipinski definition) is 5. The molecule has 0 saturated carbocycles. The maximum Gasteiger partial charge on any atom is 0.226 e. The minimum atomic E-state index is -0.356. The van der Waals surface area contributed by atoms with E-state index in [4.69, 9.17) is 9.47 Å². The highest BCUT2D eigenvalue weighted by atomic mass is 19.1. The molecule has 0 fully saturated rings. The number of carbonyl (C=O) groups excluding carboxylic acids is 1. The van der Waals surface area contributed by atoms with Gasteiger partial charge in [0.1, 0.15) is 5.82 Å². The maximum absolute atomic E-state index is 13.1. The Morgan fingerprint density at radius 2 is 2.08 bits per heavy atom. The zero-order chi connectivity index (χ0) is 18.5. The predicted octanol–water partition coefficient (Wildman–Crippen LogP) is 2.17. The van der Waals surface area contributed by atoms with Crippen molar-refractivity contribution in [1.82, 2.24) is 10.3 Å². The summed E-state index contributed by atoms with van der Waals surface area (Å²) in [5.74, 6) is 0.0610. The maximum atomic E-state index is 13.1. The van der Waals surface area contributed by atoms with E-state index in [1.54, 1.807) is 32.5 Å². The highest BCUT2D eigenvalue weighted by molar-refractivity contribution is 5.97. The summed E-state index contributed by atoms with van der Waals surface area (Å²) in [5, 5.41) is 2.91. The number of hydrogen-bond donors (Lipinski definition) is 1. The van der Waals surface area contributed by atoms with Crippen molar-refractivity contribution < 1.29 is 18.7 Å². The van der Waals surface area contributed by atoms with E-state index in [0.717, 1.165) is 16.7 Å². The molecule has 3 rings (SSSR count). The van der Waals surface area contributed by atoms with Crippen LogP contribution in [0.4, 0.5) is 4.39 Å². The Kier molecular flexibility index (Phi) is 5.58. The first-order valence-electron chi connectivity index (χ1n) is 8.21. The molecule has 2 heterocycles. The molecule has 0 bridgehead atoms. The smallest absolute Gasteiger partial charge is 0.226 e. The van der Waals surface area contributed by atoms with Gasteiger partial charge in [-0.3, -0.25) is 9.78 Å². The van der Waals surface area contributed by atoms with Crippen LogP contribution in [-0.4, -0.2) is 37.6 Å². The minimum Gasteiger partial charge on any atom is -0.481 e. The van der Waals surface area contributed by atoms with Crippen molar-refractivity contribution in [2.24, 2.45) is 4.99 Å². The van der Waals surface area contributed by atoms with Gasteiger partial charge >= 0.3 is 0 Å². The Balaban J connectivity index is 1.66. The first kappa shape index (κ1) is 18.0. The second-order valence-electron chi connectivity index (χ2n) is 5.96. The van der Waals surface area contributed by atoms with E-state index in [2.05, 4.69) is 15.3 Å². The molecule has 1 amide bonds. The molecular formula is C19H20FN3O3. The average molecular weight is 357 g/mol. The zero-order valence-corrected chi connectivity index (χ0v) is 14.7. The summed E-state index contributed by atoms with van der Waals surface area (Å²) >= 11 is 0. The monoisotopic (exact) mass is 357 g/mol.